The molecule has 7 nitrogen and oxygen atoms in total. The zero-order chi connectivity index (χ0) is 21.0. The molecule has 7 heteroatoms. The van der Waals surface area contributed by atoms with Crippen LogP contribution in [0.2, 0.25) is 0 Å². The number of rotatable bonds is 4. The van der Waals surface area contributed by atoms with Crippen molar-refractivity contribution in [2.75, 3.05) is 20.8 Å². The lowest BCUT2D eigenvalue weighted by Crippen LogP contribution is -2.37. The van der Waals surface area contributed by atoms with Crippen LogP contribution in [0.3, 0.4) is 0 Å². The lowest BCUT2D eigenvalue weighted by Gasteiger charge is -2.30. The Morgan fingerprint density at radius 1 is 1.20 bits per heavy atom. The number of ether oxygens (including phenoxy) is 4. The Morgan fingerprint density at radius 3 is 2.70 bits per heavy atom. The summed E-state index contributed by atoms with van der Waals surface area (Å²) < 4.78 is 22.8. The number of hydrazone groups is 1. The van der Waals surface area contributed by atoms with Crippen molar-refractivity contribution in [3.63, 3.8) is 0 Å². The summed E-state index contributed by atoms with van der Waals surface area (Å²) in [5.41, 5.74) is 7.32. The fourth-order valence-corrected chi connectivity index (χ4v) is 4.42. The lowest BCUT2D eigenvalue weighted by molar-refractivity contribution is 0.239. The molecule has 0 aromatic heterocycles. The Labute approximate surface area is 174 Å². The van der Waals surface area contributed by atoms with Gasteiger partial charge in [-0.15, -0.1) is 0 Å². The number of benzene rings is 2. The van der Waals surface area contributed by atoms with E-state index in [-0.39, 0.29) is 23.8 Å². The second-order valence-electron chi connectivity index (χ2n) is 7.86. The molecule has 3 unspecified atom stereocenters. The van der Waals surface area contributed by atoms with E-state index in [1.54, 1.807) is 14.2 Å². The van der Waals surface area contributed by atoms with Crippen LogP contribution in [-0.4, -0.2) is 43.8 Å². The third-order valence-corrected chi connectivity index (χ3v) is 6.04. The second kappa shape index (κ2) is 6.86. The van der Waals surface area contributed by atoms with Gasteiger partial charge >= 0.3 is 0 Å². The molecule has 0 saturated heterocycles. The van der Waals surface area contributed by atoms with Gasteiger partial charge in [0.15, 0.2) is 11.5 Å². The van der Waals surface area contributed by atoms with Gasteiger partial charge in [0.1, 0.15) is 30.0 Å². The number of hydrogen-bond donors (Lipinski definition) is 2. The van der Waals surface area contributed by atoms with Gasteiger partial charge in [0.25, 0.3) is 0 Å². The summed E-state index contributed by atoms with van der Waals surface area (Å²) in [4.78, 5) is 0. The predicted octanol–water partition coefficient (Wildman–Crippen LogP) is 3.14. The average molecular weight is 408 g/mol. The normalized spacial score (nSPS) is 23.2. The summed E-state index contributed by atoms with van der Waals surface area (Å²) in [6.45, 7) is 6.38. The van der Waals surface area contributed by atoms with Crippen molar-refractivity contribution in [2.45, 2.75) is 31.4 Å². The first-order valence-electron chi connectivity index (χ1n) is 9.91. The minimum absolute atomic E-state index is 0.0299. The predicted molar refractivity (Wildman–Crippen MR) is 112 cm³/mol. The van der Waals surface area contributed by atoms with E-state index in [0.717, 1.165) is 28.2 Å². The molecule has 0 bridgehead atoms. The largest absolute Gasteiger partial charge is 0.507 e. The highest BCUT2D eigenvalue weighted by Crippen LogP contribution is 2.47. The minimum Gasteiger partial charge on any atom is -0.507 e. The first-order chi connectivity index (χ1) is 14.5. The third kappa shape index (κ3) is 2.69. The zero-order valence-electron chi connectivity index (χ0n) is 17.2. The first-order valence-corrected chi connectivity index (χ1v) is 9.91. The van der Waals surface area contributed by atoms with Crippen molar-refractivity contribution in [1.29, 1.82) is 0 Å². The summed E-state index contributed by atoms with van der Waals surface area (Å²) in [5.74, 6) is 2.80. The van der Waals surface area contributed by atoms with Gasteiger partial charge in [-0.1, -0.05) is 6.58 Å². The quantitative estimate of drug-likeness (QED) is 0.757. The highest BCUT2D eigenvalue weighted by molar-refractivity contribution is 6.09. The molecule has 5 rings (SSSR count). The van der Waals surface area contributed by atoms with Crippen LogP contribution in [0.1, 0.15) is 29.5 Å². The van der Waals surface area contributed by atoms with Gasteiger partial charge in [-0.3, -0.25) is 0 Å². The molecule has 3 heterocycles. The van der Waals surface area contributed by atoms with Crippen molar-refractivity contribution < 1.29 is 24.1 Å². The Bertz CT molecular complexity index is 1080. The molecule has 2 aromatic rings. The number of nitrogens with zero attached hydrogens (tertiary/aromatic N) is 1. The van der Waals surface area contributed by atoms with E-state index in [1.165, 1.54) is 0 Å². The monoisotopic (exact) mass is 408 g/mol. The molecule has 0 spiro atoms. The zero-order valence-corrected chi connectivity index (χ0v) is 17.2. The molecule has 0 aliphatic carbocycles. The Balaban J connectivity index is 1.57. The number of methoxy groups -OCH3 is 2. The Kier molecular flexibility index (Phi) is 4.27. The highest BCUT2D eigenvalue weighted by Gasteiger charge is 2.41. The number of hydrogen-bond acceptors (Lipinski definition) is 7. The number of aromatic hydroxyl groups is 1. The van der Waals surface area contributed by atoms with Gasteiger partial charge < -0.3 is 29.5 Å². The summed E-state index contributed by atoms with van der Waals surface area (Å²) in [5, 5.41) is 15.7. The fraction of sp³-hybridized carbons (Fsp3) is 0.348. The molecule has 0 radical (unpaired) electrons. The van der Waals surface area contributed by atoms with E-state index >= 15 is 0 Å². The van der Waals surface area contributed by atoms with Gasteiger partial charge in [-0.25, -0.2) is 0 Å². The highest BCUT2D eigenvalue weighted by atomic mass is 16.5. The van der Waals surface area contributed by atoms with Crippen LogP contribution < -0.4 is 24.4 Å². The van der Waals surface area contributed by atoms with Gasteiger partial charge in [-0.05, 0) is 30.7 Å². The maximum atomic E-state index is 11.1. The van der Waals surface area contributed by atoms with E-state index in [1.807, 2.05) is 31.2 Å². The minimum atomic E-state index is -0.113. The van der Waals surface area contributed by atoms with Gasteiger partial charge in [0.2, 0.25) is 0 Å². The maximum Gasteiger partial charge on any atom is 0.164 e. The standard InChI is InChI=1S/C23H24N2O5/c1-11(2)17-8-14-16(30-17)6-5-12(23(14)26)22-21-13-7-19(27-3)20(28-4)9-18(13)29-10-15(21)24-25-22/h5-7,9,15,17,21,24,26H,1,8,10H2,2-4H3. The molecule has 0 saturated carbocycles. The molecule has 2 aromatic carbocycles. The molecule has 2 N–H and O–H groups in total. The summed E-state index contributed by atoms with van der Waals surface area (Å²) in [6, 6.07) is 7.51. The van der Waals surface area contributed by atoms with Crippen molar-refractivity contribution >= 4 is 5.71 Å². The lowest BCUT2D eigenvalue weighted by atomic mass is 9.82. The van der Waals surface area contributed by atoms with Crippen LogP contribution in [0.15, 0.2) is 41.5 Å². The van der Waals surface area contributed by atoms with E-state index in [0.29, 0.717) is 35.8 Å². The number of fused-ring (bicyclic) bond motifs is 4. The van der Waals surface area contributed by atoms with E-state index in [2.05, 4.69) is 17.1 Å². The van der Waals surface area contributed by atoms with Gasteiger partial charge in [0.05, 0.1) is 31.9 Å². The summed E-state index contributed by atoms with van der Waals surface area (Å²) in [7, 11) is 3.21. The summed E-state index contributed by atoms with van der Waals surface area (Å²) in [6.07, 6.45) is 0.488. The second-order valence-corrected chi connectivity index (χ2v) is 7.86. The molecule has 3 aliphatic heterocycles. The number of phenols is 1. The van der Waals surface area contributed by atoms with Crippen molar-refractivity contribution in [3.05, 3.63) is 53.1 Å². The van der Waals surface area contributed by atoms with Crippen molar-refractivity contribution in [2.24, 2.45) is 5.10 Å². The molecule has 3 atom stereocenters. The number of nitrogens with one attached hydrogen (secondary N) is 1. The van der Waals surface area contributed by atoms with Crippen LogP contribution in [-0.2, 0) is 6.42 Å². The SMILES string of the molecule is C=C(C)C1Cc2c(ccc(C3=NNC4COc5cc(OC)c(OC)cc5C34)c2O)O1. The maximum absolute atomic E-state index is 11.1. The average Bonchev–Trinajstić information content (AvgIpc) is 3.38. The van der Waals surface area contributed by atoms with Crippen LogP contribution in [0.5, 0.6) is 28.7 Å². The smallest absolute Gasteiger partial charge is 0.164 e. The van der Waals surface area contributed by atoms with Crippen LogP contribution in [0.25, 0.3) is 0 Å². The molecular weight excluding hydrogens is 384 g/mol. The fourth-order valence-electron chi connectivity index (χ4n) is 4.42. The Morgan fingerprint density at radius 2 is 1.97 bits per heavy atom. The molecule has 0 amide bonds. The third-order valence-electron chi connectivity index (χ3n) is 6.04. The number of phenolic OH excluding ortho intramolecular Hbond substituents is 1. The molecule has 3 aliphatic rings. The van der Waals surface area contributed by atoms with E-state index in [4.69, 9.17) is 18.9 Å². The molecule has 0 fully saturated rings. The van der Waals surface area contributed by atoms with E-state index in [9.17, 15) is 5.11 Å². The van der Waals surface area contributed by atoms with Gasteiger partial charge in [-0.2, -0.15) is 5.10 Å². The van der Waals surface area contributed by atoms with Crippen molar-refractivity contribution in [3.8, 4) is 28.7 Å². The first kappa shape index (κ1) is 18.7. The molecule has 30 heavy (non-hydrogen) atoms. The molecular formula is C23H24N2O5. The Hall–Kier alpha value is -3.35. The van der Waals surface area contributed by atoms with Crippen LogP contribution in [0, 0.1) is 0 Å². The topological polar surface area (TPSA) is 81.5 Å². The molecule has 156 valence electrons. The van der Waals surface area contributed by atoms with Crippen LogP contribution in [0.4, 0.5) is 0 Å². The summed E-state index contributed by atoms with van der Waals surface area (Å²) >= 11 is 0. The van der Waals surface area contributed by atoms with E-state index < -0.39 is 0 Å². The van der Waals surface area contributed by atoms with Crippen molar-refractivity contribution in [1.82, 2.24) is 5.43 Å². The van der Waals surface area contributed by atoms with Gasteiger partial charge in [0, 0.05) is 29.2 Å². The van der Waals surface area contributed by atoms with Crippen LogP contribution >= 0.6 is 0 Å².